The Bertz CT molecular complexity index is 1020. The molecule has 1 heterocycles. The Kier molecular flexibility index (Phi) is 6.56. The minimum absolute atomic E-state index is 0.0829. The standard InChI is InChI=1S/C20H22ClN3O4S/c1-24(13-20(26)22-11-10-14-2-5-16(21)6-3-14)29(27,28)17-7-8-18-15(12-17)4-9-19(25)23-18/h2-3,5-8,12H,4,9-11,13H2,1H3,(H,22,26)(H,23,25). The highest BCUT2D eigenvalue weighted by molar-refractivity contribution is 7.89. The monoisotopic (exact) mass is 435 g/mol. The number of anilines is 1. The fraction of sp³-hybridized carbons (Fsp3) is 0.300. The Morgan fingerprint density at radius 3 is 2.62 bits per heavy atom. The fourth-order valence-electron chi connectivity index (χ4n) is 3.04. The third kappa shape index (κ3) is 5.35. The number of aryl methyl sites for hydroxylation is 1. The van der Waals surface area contributed by atoms with Crippen LogP contribution in [0.1, 0.15) is 17.5 Å². The van der Waals surface area contributed by atoms with Crippen molar-refractivity contribution >= 4 is 39.1 Å². The summed E-state index contributed by atoms with van der Waals surface area (Å²) in [5, 5.41) is 6.10. The van der Waals surface area contributed by atoms with E-state index in [2.05, 4.69) is 10.6 Å². The summed E-state index contributed by atoms with van der Waals surface area (Å²) < 4.78 is 26.6. The van der Waals surface area contributed by atoms with Crippen LogP contribution in [0.3, 0.4) is 0 Å². The number of carbonyl (C=O) groups excluding carboxylic acids is 2. The number of sulfonamides is 1. The number of likely N-dealkylation sites (N-methyl/N-ethyl adjacent to an activating group) is 1. The van der Waals surface area contributed by atoms with Crippen LogP contribution in [0, 0.1) is 0 Å². The molecule has 0 saturated carbocycles. The zero-order valence-corrected chi connectivity index (χ0v) is 17.5. The largest absolute Gasteiger partial charge is 0.355 e. The van der Waals surface area contributed by atoms with E-state index >= 15 is 0 Å². The zero-order chi connectivity index (χ0) is 21.0. The van der Waals surface area contributed by atoms with Gasteiger partial charge in [-0.05, 0) is 54.3 Å². The lowest BCUT2D eigenvalue weighted by atomic mass is 10.0. The summed E-state index contributed by atoms with van der Waals surface area (Å²) in [5.41, 5.74) is 2.42. The Hall–Kier alpha value is -2.42. The summed E-state index contributed by atoms with van der Waals surface area (Å²) in [4.78, 5) is 23.7. The first-order valence-electron chi connectivity index (χ1n) is 9.16. The lowest BCUT2D eigenvalue weighted by molar-refractivity contribution is -0.121. The normalized spacial score (nSPS) is 13.7. The topological polar surface area (TPSA) is 95.6 Å². The molecule has 2 N–H and O–H groups in total. The quantitative estimate of drug-likeness (QED) is 0.696. The van der Waals surface area contributed by atoms with Crippen LogP contribution in [0.25, 0.3) is 0 Å². The van der Waals surface area contributed by atoms with Gasteiger partial charge in [0.25, 0.3) is 0 Å². The predicted molar refractivity (Wildman–Crippen MR) is 111 cm³/mol. The molecule has 0 aromatic heterocycles. The number of hydrogen-bond acceptors (Lipinski definition) is 4. The number of halogens is 1. The van der Waals surface area contributed by atoms with Gasteiger partial charge in [-0.3, -0.25) is 9.59 Å². The van der Waals surface area contributed by atoms with Gasteiger partial charge in [-0.1, -0.05) is 23.7 Å². The summed E-state index contributed by atoms with van der Waals surface area (Å²) in [6.07, 6.45) is 1.43. The Balaban J connectivity index is 1.57. The van der Waals surface area contributed by atoms with E-state index in [1.54, 1.807) is 24.3 Å². The maximum Gasteiger partial charge on any atom is 0.243 e. The van der Waals surface area contributed by atoms with Gasteiger partial charge in [-0.15, -0.1) is 0 Å². The number of amides is 2. The van der Waals surface area contributed by atoms with Crippen molar-refractivity contribution in [3.05, 3.63) is 58.6 Å². The summed E-state index contributed by atoms with van der Waals surface area (Å²) in [7, 11) is -2.45. The minimum atomic E-state index is -3.82. The molecule has 0 spiro atoms. The second-order valence-electron chi connectivity index (χ2n) is 6.85. The molecular weight excluding hydrogens is 414 g/mol. The molecule has 9 heteroatoms. The summed E-state index contributed by atoms with van der Waals surface area (Å²) in [6.45, 7) is 0.115. The van der Waals surface area contributed by atoms with Gasteiger partial charge in [0.15, 0.2) is 0 Å². The fourth-order valence-corrected chi connectivity index (χ4v) is 4.34. The van der Waals surface area contributed by atoms with Gasteiger partial charge < -0.3 is 10.6 Å². The van der Waals surface area contributed by atoms with Gasteiger partial charge in [0.1, 0.15) is 0 Å². The van der Waals surface area contributed by atoms with Crippen LogP contribution in [-0.2, 0) is 32.5 Å². The third-order valence-corrected chi connectivity index (χ3v) is 6.75. The van der Waals surface area contributed by atoms with Crippen LogP contribution in [0.5, 0.6) is 0 Å². The molecule has 2 amide bonds. The van der Waals surface area contributed by atoms with Crippen LogP contribution in [0.4, 0.5) is 5.69 Å². The van der Waals surface area contributed by atoms with E-state index in [1.165, 1.54) is 13.1 Å². The lowest BCUT2D eigenvalue weighted by Gasteiger charge is -2.20. The number of benzene rings is 2. The van der Waals surface area contributed by atoms with E-state index in [4.69, 9.17) is 11.6 Å². The minimum Gasteiger partial charge on any atom is -0.355 e. The highest BCUT2D eigenvalue weighted by Gasteiger charge is 2.25. The Labute approximate surface area is 175 Å². The van der Waals surface area contributed by atoms with E-state index < -0.39 is 10.0 Å². The van der Waals surface area contributed by atoms with E-state index in [-0.39, 0.29) is 23.3 Å². The van der Waals surface area contributed by atoms with Crippen LogP contribution < -0.4 is 10.6 Å². The molecule has 3 rings (SSSR count). The average Bonchev–Trinajstić information content (AvgIpc) is 2.69. The zero-order valence-electron chi connectivity index (χ0n) is 15.9. The number of fused-ring (bicyclic) bond motifs is 1. The number of hydrogen-bond donors (Lipinski definition) is 2. The van der Waals surface area contributed by atoms with Crippen LogP contribution >= 0.6 is 11.6 Å². The van der Waals surface area contributed by atoms with Gasteiger partial charge in [-0.25, -0.2) is 8.42 Å². The molecular formula is C20H22ClN3O4S. The van der Waals surface area contributed by atoms with Crippen LogP contribution in [0.2, 0.25) is 5.02 Å². The Morgan fingerprint density at radius 1 is 1.17 bits per heavy atom. The smallest absolute Gasteiger partial charge is 0.243 e. The van der Waals surface area contributed by atoms with Crippen LogP contribution in [0.15, 0.2) is 47.4 Å². The van der Waals surface area contributed by atoms with E-state index in [9.17, 15) is 18.0 Å². The highest BCUT2D eigenvalue weighted by Crippen LogP contribution is 2.26. The first-order chi connectivity index (χ1) is 13.8. The van der Waals surface area contributed by atoms with Gasteiger partial charge >= 0.3 is 0 Å². The Morgan fingerprint density at radius 2 is 1.90 bits per heavy atom. The van der Waals surface area contributed by atoms with Crippen molar-refractivity contribution in [1.29, 1.82) is 0 Å². The number of rotatable bonds is 7. The molecule has 0 radical (unpaired) electrons. The summed E-state index contributed by atoms with van der Waals surface area (Å²) in [5.74, 6) is -0.462. The van der Waals surface area contributed by atoms with Gasteiger partial charge in [0, 0.05) is 30.7 Å². The van der Waals surface area contributed by atoms with Gasteiger partial charge in [-0.2, -0.15) is 4.31 Å². The molecule has 1 aliphatic heterocycles. The van der Waals surface area contributed by atoms with Gasteiger partial charge in [0.2, 0.25) is 21.8 Å². The molecule has 2 aromatic carbocycles. The average molecular weight is 436 g/mol. The SMILES string of the molecule is CN(CC(=O)NCCc1ccc(Cl)cc1)S(=O)(=O)c1ccc2c(c1)CCC(=O)N2. The number of nitrogens with zero attached hydrogens (tertiary/aromatic N) is 1. The maximum atomic E-state index is 12.8. The second-order valence-corrected chi connectivity index (χ2v) is 9.34. The van der Waals surface area contributed by atoms with Crippen LogP contribution in [-0.4, -0.2) is 44.7 Å². The molecule has 2 aromatic rings. The summed E-state index contributed by atoms with van der Waals surface area (Å²) in [6, 6.07) is 11.9. The van der Waals surface area contributed by atoms with Crippen molar-refractivity contribution in [2.24, 2.45) is 0 Å². The lowest BCUT2D eigenvalue weighted by Crippen LogP contribution is -2.39. The van der Waals surface area contributed by atoms with E-state index in [1.807, 2.05) is 12.1 Å². The molecule has 0 atom stereocenters. The molecule has 0 aliphatic carbocycles. The predicted octanol–water partition coefficient (Wildman–Crippen LogP) is 2.20. The molecule has 154 valence electrons. The molecule has 7 nitrogen and oxygen atoms in total. The van der Waals surface area contributed by atoms with Crippen molar-refractivity contribution in [2.75, 3.05) is 25.5 Å². The van der Waals surface area contributed by atoms with E-state index in [0.29, 0.717) is 36.5 Å². The first kappa shape index (κ1) is 21.3. The number of nitrogens with one attached hydrogen (secondary N) is 2. The molecule has 0 fully saturated rings. The van der Waals surface area contributed by atoms with Gasteiger partial charge in [0.05, 0.1) is 11.4 Å². The molecule has 29 heavy (non-hydrogen) atoms. The van der Waals surface area contributed by atoms with Crippen molar-refractivity contribution in [3.63, 3.8) is 0 Å². The maximum absolute atomic E-state index is 12.8. The third-order valence-electron chi connectivity index (χ3n) is 4.70. The van der Waals surface area contributed by atoms with E-state index in [0.717, 1.165) is 15.4 Å². The number of carbonyl (C=O) groups is 2. The van der Waals surface area contributed by atoms with Crippen molar-refractivity contribution in [2.45, 2.75) is 24.2 Å². The second kappa shape index (κ2) is 8.94. The van der Waals surface area contributed by atoms with Crippen molar-refractivity contribution in [3.8, 4) is 0 Å². The van der Waals surface area contributed by atoms with Crippen molar-refractivity contribution < 1.29 is 18.0 Å². The highest BCUT2D eigenvalue weighted by atomic mass is 35.5. The molecule has 0 unspecified atom stereocenters. The molecule has 1 aliphatic rings. The van der Waals surface area contributed by atoms with Crippen molar-refractivity contribution in [1.82, 2.24) is 9.62 Å². The molecule has 0 saturated heterocycles. The molecule has 0 bridgehead atoms. The first-order valence-corrected chi connectivity index (χ1v) is 11.0. The summed E-state index contributed by atoms with van der Waals surface area (Å²) >= 11 is 5.84.